The molecule has 0 nitrogen and oxygen atoms in total. The fourth-order valence-corrected chi connectivity index (χ4v) is 19.5. The topological polar surface area (TPSA) is 0 Å². The van der Waals surface area contributed by atoms with E-state index in [9.17, 15) is 0 Å². The lowest BCUT2D eigenvalue weighted by Crippen LogP contribution is -2.03. The second-order valence-corrected chi connectivity index (χ2v) is 24.7. The minimum atomic E-state index is 0.845. The fourth-order valence-electron chi connectivity index (χ4n) is 6.50. The second-order valence-electron chi connectivity index (χ2n) is 14.9. The highest BCUT2D eigenvalue weighted by molar-refractivity contribution is 8.41. The minimum absolute atomic E-state index is 0.845. The van der Waals surface area contributed by atoms with E-state index >= 15 is 0 Å². The van der Waals surface area contributed by atoms with Gasteiger partial charge in [0.1, 0.15) is 0 Å². The molecule has 0 bridgehead atoms. The summed E-state index contributed by atoms with van der Waals surface area (Å²) in [5.74, 6) is 8.50. The Bertz CT molecular complexity index is 1020. The van der Waals surface area contributed by atoms with Crippen LogP contribution in [0.25, 0.3) is 0 Å². The Hall–Kier alpha value is 1.50. The van der Waals surface area contributed by atoms with Crippen molar-refractivity contribution in [3.8, 4) is 0 Å². The zero-order chi connectivity index (χ0) is 37.6. The summed E-state index contributed by atoms with van der Waals surface area (Å²) >= 11 is 17.2. The summed E-state index contributed by atoms with van der Waals surface area (Å²) in [7, 11) is 0. The van der Waals surface area contributed by atoms with Crippen LogP contribution in [0.5, 0.6) is 0 Å². The number of unbranched alkanes of at least 4 members (excludes halogenated alkanes) is 4. The summed E-state index contributed by atoms with van der Waals surface area (Å²) in [4.78, 5) is 0. The molecular formula is C44H74S8. The Kier molecular flexibility index (Phi) is 26.5. The van der Waals surface area contributed by atoms with Gasteiger partial charge in [0.25, 0.3) is 0 Å². The summed E-state index contributed by atoms with van der Waals surface area (Å²) in [6.45, 7) is 19.0. The molecule has 0 radical (unpaired) electrons. The highest BCUT2D eigenvalue weighted by Gasteiger charge is 2.29. The molecule has 0 aromatic rings. The molecule has 3 rings (SSSR count). The predicted octanol–water partition coefficient (Wildman–Crippen LogP) is 18.8. The summed E-state index contributed by atoms with van der Waals surface area (Å²) in [5.41, 5.74) is 3.16. The van der Waals surface area contributed by atoms with Crippen LogP contribution in [0.1, 0.15) is 171 Å². The Morgan fingerprint density at radius 1 is 0.423 bits per heavy atom. The number of allylic oxidation sites excluding steroid dienone is 4. The molecule has 298 valence electrons. The molecule has 2 aliphatic heterocycles. The van der Waals surface area contributed by atoms with Gasteiger partial charge in [-0.2, -0.15) is 0 Å². The van der Waals surface area contributed by atoms with E-state index in [0.717, 1.165) is 23.7 Å². The Morgan fingerprint density at radius 2 is 0.673 bits per heavy atom. The van der Waals surface area contributed by atoms with Crippen molar-refractivity contribution in [3.05, 3.63) is 48.7 Å². The maximum atomic E-state index is 2.51. The smallest absolute Gasteiger partial charge is 0.0660 e. The van der Waals surface area contributed by atoms with Crippen molar-refractivity contribution >= 4 is 94.1 Å². The largest absolute Gasteiger partial charge is 0.117 e. The Balaban J connectivity index is 1.75. The summed E-state index contributed by atoms with van der Waals surface area (Å²) < 4.78 is 9.58. The molecule has 4 unspecified atom stereocenters. The molecule has 1 aliphatic carbocycles. The van der Waals surface area contributed by atoms with Crippen LogP contribution in [0, 0.1) is 23.7 Å². The van der Waals surface area contributed by atoms with E-state index in [4.69, 9.17) is 0 Å². The van der Waals surface area contributed by atoms with Gasteiger partial charge in [-0.1, -0.05) is 192 Å². The van der Waals surface area contributed by atoms with Crippen LogP contribution in [0.2, 0.25) is 0 Å². The van der Waals surface area contributed by atoms with Crippen molar-refractivity contribution in [2.24, 2.45) is 23.7 Å². The van der Waals surface area contributed by atoms with E-state index in [-0.39, 0.29) is 0 Å². The molecule has 2 heterocycles. The third-order valence-electron chi connectivity index (χ3n) is 10.7. The van der Waals surface area contributed by atoms with Crippen molar-refractivity contribution in [1.82, 2.24) is 0 Å². The lowest BCUT2D eigenvalue weighted by Gasteiger charge is -2.16. The van der Waals surface area contributed by atoms with Crippen LogP contribution >= 0.6 is 94.1 Å². The third-order valence-corrected chi connectivity index (χ3v) is 22.9. The zero-order valence-corrected chi connectivity index (χ0v) is 40.8. The van der Waals surface area contributed by atoms with Gasteiger partial charge in [-0.05, 0) is 73.3 Å². The number of hydrogen-bond acceptors (Lipinski definition) is 8. The first-order chi connectivity index (χ1) is 25.4. The molecule has 0 spiro atoms. The number of rotatable bonds is 28. The highest BCUT2D eigenvalue weighted by atomic mass is 32.3. The zero-order valence-electron chi connectivity index (χ0n) is 34.3. The standard InChI is InChI=1S/C44H74S8/c1-9-17-21-33(13-5)29-45-41-42(46-30-34(14-6)22-18-10-2)50-39(49-41)37-25-27-38(28-26-37)40-51-43(47-31-35(15-7)23-19-11-3)44(52-40)48-32-36(16-8)24-20-12-4/h25,27,33-36H,9-24,26,28-32H2,1-8H3. The van der Waals surface area contributed by atoms with Crippen LogP contribution in [-0.4, -0.2) is 23.0 Å². The highest BCUT2D eigenvalue weighted by Crippen LogP contribution is 2.62. The lowest BCUT2D eigenvalue weighted by atomic mass is 10.00. The maximum absolute atomic E-state index is 2.51. The minimum Gasteiger partial charge on any atom is -0.117 e. The van der Waals surface area contributed by atoms with Crippen LogP contribution in [0.4, 0.5) is 0 Å². The average Bonchev–Trinajstić information content (AvgIpc) is 3.79. The van der Waals surface area contributed by atoms with Crippen molar-refractivity contribution in [2.45, 2.75) is 171 Å². The van der Waals surface area contributed by atoms with E-state index in [1.165, 1.54) is 139 Å². The summed E-state index contributed by atoms with van der Waals surface area (Å²) in [6, 6.07) is 0. The quantitative estimate of drug-likeness (QED) is 0.0753. The normalized spacial score (nSPS) is 19.1. The van der Waals surface area contributed by atoms with Gasteiger partial charge >= 0.3 is 0 Å². The van der Waals surface area contributed by atoms with E-state index < -0.39 is 0 Å². The van der Waals surface area contributed by atoms with Crippen LogP contribution in [0.15, 0.2) is 48.7 Å². The maximum Gasteiger partial charge on any atom is 0.0660 e. The van der Waals surface area contributed by atoms with Gasteiger partial charge < -0.3 is 0 Å². The van der Waals surface area contributed by atoms with Crippen molar-refractivity contribution < 1.29 is 0 Å². The van der Waals surface area contributed by atoms with Gasteiger partial charge in [0, 0.05) is 23.0 Å². The molecule has 3 aliphatic rings. The number of thioether (sulfide) groups is 8. The molecule has 0 aromatic heterocycles. The van der Waals surface area contributed by atoms with Crippen molar-refractivity contribution in [2.75, 3.05) is 23.0 Å². The molecule has 0 saturated heterocycles. The Labute approximate surface area is 357 Å². The van der Waals surface area contributed by atoms with E-state index in [1.807, 2.05) is 0 Å². The molecule has 0 aromatic carbocycles. The van der Waals surface area contributed by atoms with E-state index in [0.29, 0.717) is 0 Å². The Morgan fingerprint density at radius 3 is 0.865 bits per heavy atom. The molecular weight excluding hydrogens is 785 g/mol. The van der Waals surface area contributed by atoms with Crippen LogP contribution in [0.3, 0.4) is 0 Å². The van der Waals surface area contributed by atoms with Gasteiger partial charge in [0.2, 0.25) is 0 Å². The molecule has 4 atom stereocenters. The molecule has 0 amide bonds. The van der Waals surface area contributed by atoms with Gasteiger partial charge in [-0.15, -0.1) is 47.0 Å². The molecule has 0 fully saturated rings. The van der Waals surface area contributed by atoms with Crippen molar-refractivity contribution in [1.29, 1.82) is 0 Å². The number of hydrogen-bond donors (Lipinski definition) is 0. The molecule has 0 saturated carbocycles. The molecule has 52 heavy (non-hydrogen) atoms. The first-order valence-electron chi connectivity index (χ1n) is 21.3. The van der Waals surface area contributed by atoms with E-state index in [1.54, 1.807) is 36.6 Å². The SMILES string of the molecule is CCCCC(CC)CSC1=C(SCC(CC)CCCC)SC(=C2C=CC(=C3SC(SCC(CC)CCCC)=C(SCC(CC)CCCC)S3)CC2)S1. The lowest BCUT2D eigenvalue weighted by molar-refractivity contribution is 0.500. The monoisotopic (exact) mass is 858 g/mol. The summed E-state index contributed by atoms with van der Waals surface area (Å²) in [5, 5.41) is 0. The van der Waals surface area contributed by atoms with Crippen LogP contribution in [-0.2, 0) is 0 Å². The first kappa shape index (κ1) is 47.9. The van der Waals surface area contributed by atoms with Crippen molar-refractivity contribution in [3.63, 3.8) is 0 Å². The van der Waals surface area contributed by atoms with Gasteiger partial charge in [0.05, 0.1) is 25.4 Å². The summed E-state index contributed by atoms with van der Waals surface area (Å²) in [6.07, 6.45) is 28.9. The van der Waals surface area contributed by atoms with Crippen LogP contribution < -0.4 is 0 Å². The molecule has 0 N–H and O–H groups in total. The van der Waals surface area contributed by atoms with E-state index in [2.05, 4.69) is 162 Å². The third kappa shape index (κ3) is 17.2. The van der Waals surface area contributed by atoms with Gasteiger partial charge in [-0.25, -0.2) is 0 Å². The van der Waals surface area contributed by atoms with Gasteiger partial charge in [0.15, 0.2) is 0 Å². The fraction of sp³-hybridized carbons (Fsp3) is 0.773. The molecule has 8 heteroatoms. The second kappa shape index (κ2) is 28.8. The average molecular weight is 860 g/mol. The predicted molar refractivity (Wildman–Crippen MR) is 260 cm³/mol. The van der Waals surface area contributed by atoms with Gasteiger partial charge in [-0.3, -0.25) is 0 Å². The first-order valence-corrected chi connectivity index (χ1v) is 28.5.